The molecule has 0 unspecified atom stereocenters. The molecule has 0 heterocycles. The fourth-order valence-corrected chi connectivity index (χ4v) is 1.66. The molecule has 0 aromatic rings. The first kappa shape index (κ1) is 9.72. The Morgan fingerprint density at radius 3 is 2.67 bits per heavy atom. The molecule has 0 fully saturated rings. The smallest absolute Gasteiger partial charge is 0.142 e. The first-order chi connectivity index (χ1) is 5.47. The van der Waals surface area contributed by atoms with E-state index in [4.69, 9.17) is 0 Å². The van der Waals surface area contributed by atoms with Crippen LogP contribution in [-0.2, 0) is 0 Å². The third kappa shape index (κ3) is 1.53. The van der Waals surface area contributed by atoms with E-state index in [0.29, 0.717) is 6.42 Å². The van der Waals surface area contributed by atoms with Gasteiger partial charge in [-0.15, -0.1) is 0 Å². The largest absolute Gasteiger partial charge is 0.386 e. The summed E-state index contributed by atoms with van der Waals surface area (Å²) in [5.74, 6) is -0.114. The van der Waals surface area contributed by atoms with Crippen LogP contribution in [0, 0.1) is 5.92 Å². The highest BCUT2D eigenvalue weighted by Gasteiger charge is 2.41. The minimum absolute atomic E-state index is 0.114. The highest BCUT2D eigenvalue weighted by Crippen LogP contribution is 2.37. The van der Waals surface area contributed by atoms with Crippen molar-refractivity contribution in [2.24, 2.45) is 5.92 Å². The predicted molar refractivity (Wildman–Crippen MR) is 47.7 cm³/mol. The van der Waals surface area contributed by atoms with Crippen molar-refractivity contribution in [1.82, 2.24) is 0 Å². The summed E-state index contributed by atoms with van der Waals surface area (Å²) in [7, 11) is 0. The third-order valence-electron chi connectivity index (χ3n) is 2.80. The van der Waals surface area contributed by atoms with Gasteiger partial charge in [0.15, 0.2) is 0 Å². The van der Waals surface area contributed by atoms with Gasteiger partial charge in [0.05, 0.1) is 0 Å². The first-order valence-corrected chi connectivity index (χ1v) is 4.51. The zero-order valence-corrected chi connectivity index (χ0v) is 7.97. The van der Waals surface area contributed by atoms with Crippen molar-refractivity contribution in [3.05, 3.63) is 11.6 Å². The molecule has 0 saturated carbocycles. The van der Waals surface area contributed by atoms with E-state index in [1.807, 2.05) is 20.8 Å². The maximum absolute atomic E-state index is 14.0. The van der Waals surface area contributed by atoms with Gasteiger partial charge >= 0.3 is 0 Å². The number of rotatable bonds is 1. The SMILES string of the molecule is CC1=C[C@H](O)[C@@](F)(C(C)C)CC1. The van der Waals surface area contributed by atoms with Crippen molar-refractivity contribution in [3.8, 4) is 0 Å². The van der Waals surface area contributed by atoms with Crippen LogP contribution in [0.1, 0.15) is 33.6 Å². The second-order valence-electron chi connectivity index (χ2n) is 4.04. The van der Waals surface area contributed by atoms with E-state index >= 15 is 0 Å². The van der Waals surface area contributed by atoms with Gasteiger partial charge in [-0.2, -0.15) is 0 Å². The Labute approximate surface area is 73.3 Å². The molecule has 70 valence electrons. The van der Waals surface area contributed by atoms with Gasteiger partial charge in [-0.1, -0.05) is 25.5 Å². The van der Waals surface area contributed by atoms with E-state index in [2.05, 4.69) is 0 Å². The van der Waals surface area contributed by atoms with Crippen molar-refractivity contribution in [2.75, 3.05) is 0 Å². The molecule has 12 heavy (non-hydrogen) atoms. The van der Waals surface area contributed by atoms with Gasteiger partial charge in [0.1, 0.15) is 11.8 Å². The molecule has 1 rings (SSSR count). The van der Waals surface area contributed by atoms with Crippen LogP contribution in [0.15, 0.2) is 11.6 Å². The van der Waals surface area contributed by atoms with Crippen LogP contribution >= 0.6 is 0 Å². The van der Waals surface area contributed by atoms with Crippen molar-refractivity contribution in [1.29, 1.82) is 0 Å². The molecular formula is C10H17FO. The van der Waals surface area contributed by atoms with Crippen molar-refractivity contribution in [3.63, 3.8) is 0 Å². The molecule has 1 aliphatic rings. The number of hydrogen-bond donors (Lipinski definition) is 1. The minimum atomic E-state index is -1.40. The Morgan fingerprint density at radius 1 is 1.67 bits per heavy atom. The van der Waals surface area contributed by atoms with Gasteiger partial charge in [0, 0.05) is 0 Å². The summed E-state index contributed by atoms with van der Waals surface area (Å²) in [6.45, 7) is 5.57. The molecule has 1 aliphatic carbocycles. The normalized spacial score (nSPS) is 36.8. The van der Waals surface area contributed by atoms with Gasteiger partial charge < -0.3 is 5.11 Å². The summed E-state index contributed by atoms with van der Waals surface area (Å²) in [5, 5.41) is 9.52. The zero-order valence-electron chi connectivity index (χ0n) is 7.97. The number of alkyl halides is 1. The van der Waals surface area contributed by atoms with Crippen LogP contribution in [0.5, 0.6) is 0 Å². The average molecular weight is 172 g/mol. The lowest BCUT2D eigenvalue weighted by Crippen LogP contribution is -2.43. The predicted octanol–water partition coefficient (Wildman–Crippen LogP) is 2.45. The summed E-state index contributed by atoms with van der Waals surface area (Å²) in [4.78, 5) is 0. The summed E-state index contributed by atoms with van der Waals surface area (Å²) in [6, 6.07) is 0. The summed E-state index contributed by atoms with van der Waals surface area (Å²) >= 11 is 0. The quantitative estimate of drug-likeness (QED) is 0.602. The summed E-state index contributed by atoms with van der Waals surface area (Å²) in [6.07, 6.45) is 1.95. The van der Waals surface area contributed by atoms with Gasteiger partial charge in [-0.3, -0.25) is 0 Å². The molecular weight excluding hydrogens is 155 g/mol. The van der Waals surface area contributed by atoms with Crippen molar-refractivity contribution in [2.45, 2.75) is 45.4 Å². The Bertz CT molecular complexity index is 198. The van der Waals surface area contributed by atoms with E-state index in [1.54, 1.807) is 6.08 Å². The molecule has 1 nitrogen and oxygen atoms in total. The van der Waals surface area contributed by atoms with Gasteiger partial charge in [-0.05, 0) is 25.7 Å². The van der Waals surface area contributed by atoms with Crippen LogP contribution in [0.4, 0.5) is 4.39 Å². The van der Waals surface area contributed by atoms with Gasteiger partial charge in [-0.25, -0.2) is 4.39 Å². The highest BCUT2D eigenvalue weighted by molar-refractivity contribution is 5.14. The number of halogens is 1. The van der Waals surface area contributed by atoms with Crippen LogP contribution in [-0.4, -0.2) is 16.9 Å². The standard InChI is InChI=1S/C10H17FO/c1-7(2)10(11)5-4-8(3)6-9(10)12/h6-7,9,12H,4-5H2,1-3H3/t9-,10-/m0/s1. The van der Waals surface area contributed by atoms with E-state index in [1.165, 1.54) is 0 Å². The summed E-state index contributed by atoms with van der Waals surface area (Å²) in [5.41, 5.74) is -0.309. The lowest BCUT2D eigenvalue weighted by Gasteiger charge is -2.36. The van der Waals surface area contributed by atoms with Crippen LogP contribution in [0.3, 0.4) is 0 Å². The first-order valence-electron chi connectivity index (χ1n) is 4.51. The summed E-state index contributed by atoms with van der Waals surface area (Å²) < 4.78 is 14.0. The van der Waals surface area contributed by atoms with E-state index in [9.17, 15) is 9.50 Å². The van der Waals surface area contributed by atoms with Gasteiger partial charge in [0.2, 0.25) is 0 Å². The second-order valence-corrected chi connectivity index (χ2v) is 4.04. The van der Waals surface area contributed by atoms with Crippen LogP contribution in [0.25, 0.3) is 0 Å². The molecule has 0 aliphatic heterocycles. The van der Waals surface area contributed by atoms with Crippen LogP contribution < -0.4 is 0 Å². The number of hydrogen-bond acceptors (Lipinski definition) is 1. The fourth-order valence-electron chi connectivity index (χ4n) is 1.66. The Hall–Kier alpha value is -0.370. The monoisotopic (exact) mass is 172 g/mol. The second kappa shape index (κ2) is 3.17. The highest BCUT2D eigenvalue weighted by atomic mass is 19.1. The zero-order chi connectivity index (χ0) is 9.35. The molecule has 0 radical (unpaired) electrons. The van der Waals surface area contributed by atoms with Crippen molar-refractivity contribution < 1.29 is 9.50 Å². The lowest BCUT2D eigenvalue weighted by atomic mass is 9.78. The third-order valence-corrected chi connectivity index (χ3v) is 2.80. The number of allylic oxidation sites excluding steroid dienone is 1. The van der Waals surface area contributed by atoms with E-state index in [-0.39, 0.29) is 5.92 Å². The molecule has 0 aromatic heterocycles. The molecule has 0 amide bonds. The molecule has 0 saturated heterocycles. The van der Waals surface area contributed by atoms with E-state index in [0.717, 1.165) is 12.0 Å². The molecule has 0 spiro atoms. The molecule has 2 atom stereocenters. The van der Waals surface area contributed by atoms with E-state index < -0.39 is 11.8 Å². The maximum Gasteiger partial charge on any atom is 0.142 e. The fraction of sp³-hybridized carbons (Fsp3) is 0.800. The van der Waals surface area contributed by atoms with Crippen LogP contribution in [0.2, 0.25) is 0 Å². The topological polar surface area (TPSA) is 20.2 Å². The Kier molecular flexibility index (Phi) is 2.57. The Morgan fingerprint density at radius 2 is 2.25 bits per heavy atom. The van der Waals surface area contributed by atoms with Gasteiger partial charge in [0.25, 0.3) is 0 Å². The average Bonchev–Trinajstić information content (AvgIpc) is 1.97. The molecule has 2 heteroatoms. The minimum Gasteiger partial charge on any atom is -0.386 e. The maximum atomic E-state index is 14.0. The molecule has 0 aromatic carbocycles. The number of aliphatic hydroxyl groups is 1. The molecule has 0 bridgehead atoms. The lowest BCUT2D eigenvalue weighted by molar-refractivity contribution is -0.0273. The Balaban J connectivity index is 2.82. The number of aliphatic hydroxyl groups excluding tert-OH is 1. The van der Waals surface area contributed by atoms with Crippen molar-refractivity contribution >= 4 is 0 Å². The molecule has 1 N–H and O–H groups in total.